The van der Waals surface area contributed by atoms with Gasteiger partial charge in [-0.15, -0.1) is 0 Å². The van der Waals surface area contributed by atoms with E-state index in [1.54, 1.807) is 24.3 Å². The Morgan fingerprint density at radius 2 is 2.00 bits per heavy atom. The van der Waals surface area contributed by atoms with Crippen LogP contribution in [0.5, 0.6) is 5.75 Å². The van der Waals surface area contributed by atoms with Gasteiger partial charge in [-0.2, -0.15) is 0 Å². The van der Waals surface area contributed by atoms with Crippen molar-refractivity contribution < 1.29 is 10.0 Å². The molecule has 0 saturated heterocycles. The van der Waals surface area contributed by atoms with E-state index in [0.29, 0.717) is 12.2 Å². The SMILES string of the molecule is O=[N+]([O-])c1ccc(Br)c(NCc2ccccc2O)c1. The number of nitrogens with one attached hydrogen (secondary N) is 1. The summed E-state index contributed by atoms with van der Waals surface area (Å²) in [6.07, 6.45) is 0. The molecule has 0 aromatic heterocycles. The number of hydrogen-bond acceptors (Lipinski definition) is 4. The predicted molar refractivity (Wildman–Crippen MR) is 76.2 cm³/mol. The number of benzene rings is 2. The van der Waals surface area contributed by atoms with Gasteiger partial charge in [0.25, 0.3) is 5.69 Å². The van der Waals surface area contributed by atoms with Crippen molar-refractivity contribution >= 4 is 27.3 Å². The van der Waals surface area contributed by atoms with Crippen LogP contribution in [0.15, 0.2) is 46.9 Å². The third-order valence-electron chi connectivity index (χ3n) is 2.62. The fraction of sp³-hybridized carbons (Fsp3) is 0.0769. The maximum Gasteiger partial charge on any atom is 0.271 e. The Hall–Kier alpha value is -2.08. The smallest absolute Gasteiger partial charge is 0.271 e. The number of nitro groups is 1. The number of nitro benzene ring substituents is 1. The van der Waals surface area contributed by atoms with Crippen LogP contribution in [0.2, 0.25) is 0 Å². The maximum absolute atomic E-state index is 10.7. The van der Waals surface area contributed by atoms with Crippen LogP contribution in [0, 0.1) is 10.1 Å². The molecule has 0 aliphatic carbocycles. The second kappa shape index (κ2) is 5.71. The molecule has 0 aliphatic rings. The van der Waals surface area contributed by atoms with Gasteiger partial charge < -0.3 is 10.4 Å². The minimum atomic E-state index is -0.447. The lowest BCUT2D eigenvalue weighted by Gasteiger charge is -2.09. The van der Waals surface area contributed by atoms with Crippen molar-refractivity contribution in [3.63, 3.8) is 0 Å². The molecule has 2 rings (SSSR count). The van der Waals surface area contributed by atoms with E-state index in [1.165, 1.54) is 12.1 Å². The molecule has 0 spiro atoms. The second-order valence-corrected chi connectivity index (χ2v) is 4.76. The standard InChI is InChI=1S/C13H11BrN2O3/c14-11-6-5-10(16(18)19)7-12(11)15-8-9-3-1-2-4-13(9)17/h1-7,15,17H,8H2. The van der Waals surface area contributed by atoms with E-state index < -0.39 is 4.92 Å². The molecule has 0 saturated carbocycles. The number of para-hydroxylation sites is 1. The Labute approximate surface area is 118 Å². The highest BCUT2D eigenvalue weighted by atomic mass is 79.9. The maximum atomic E-state index is 10.7. The number of anilines is 1. The summed E-state index contributed by atoms with van der Waals surface area (Å²) in [6.45, 7) is 0.381. The molecule has 0 unspecified atom stereocenters. The Balaban J connectivity index is 2.17. The highest BCUT2D eigenvalue weighted by Crippen LogP contribution is 2.28. The zero-order valence-electron chi connectivity index (χ0n) is 9.84. The first-order valence-electron chi connectivity index (χ1n) is 5.52. The average Bonchev–Trinajstić information content (AvgIpc) is 2.39. The highest BCUT2D eigenvalue weighted by Gasteiger charge is 2.09. The lowest BCUT2D eigenvalue weighted by atomic mass is 10.2. The topological polar surface area (TPSA) is 75.4 Å². The lowest BCUT2D eigenvalue weighted by molar-refractivity contribution is -0.384. The quantitative estimate of drug-likeness (QED) is 0.665. The molecule has 0 fully saturated rings. The van der Waals surface area contributed by atoms with Crippen molar-refractivity contribution in [2.45, 2.75) is 6.54 Å². The van der Waals surface area contributed by atoms with E-state index in [-0.39, 0.29) is 11.4 Å². The molecule has 5 nitrogen and oxygen atoms in total. The summed E-state index contributed by atoms with van der Waals surface area (Å²) in [6, 6.07) is 11.4. The summed E-state index contributed by atoms with van der Waals surface area (Å²) < 4.78 is 0.730. The van der Waals surface area contributed by atoms with Crippen molar-refractivity contribution in [1.29, 1.82) is 0 Å². The Morgan fingerprint density at radius 3 is 2.68 bits per heavy atom. The first-order chi connectivity index (χ1) is 9.08. The molecule has 98 valence electrons. The van der Waals surface area contributed by atoms with Crippen LogP contribution in [0.1, 0.15) is 5.56 Å². The number of rotatable bonds is 4. The fourth-order valence-corrected chi connectivity index (χ4v) is 2.00. The van der Waals surface area contributed by atoms with Crippen LogP contribution in [0.4, 0.5) is 11.4 Å². The largest absolute Gasteiger partial charge is 0.508 e. The van der Waals surface area contributed by atoms with Crippen molar-refractivity contribution in [3.05, 3.63) is 62.6 Å². The predicted octanol–water partition coefficient (Wildman–Crippen LogP) is 3.68. The van der Waals surface area contributed by atoms with Gasteiger partial charge in [0.15, 0.2) is 0 Å². The lowest BCUT2D eigenvalue weighted by Crippen LogP contribution is -2.01. The van der Waals surface area contributed by atoms with Gasteiger partial charge in [-0.25, -0.2) is 0 Å². The van der Waals surface area contributed by atoms with E-state index in [2.05, 4.69) is 21.2 Å². The normalized spacial score (nSPS) is 10.2. The van der Waals surface area contributed by atoms with Crippen LogP contribution >= 0.6 is 15.9 Å². The van der Waals surface area contributed by atoms with Crippen LogP contribution < -0.4 is 5.32 Å². The van der Waals surface area contributed by atoms with E-state index in [4.69, 9.17) is 0 Å². The first-order valence-corrected chi connectivity index (χ1v) is 6.32. The molecule has 0 amide bonds. The van der Waals surface area contributed by atoms with Gasteiger partial charge in [0.05, 0.1) is 10.6 Å². The minimum absolute atomic E-state index is 0.0167. The van der Waals surface area contributed by atoms with E-state index in [1.807, 2.05) is 6.07 Å². The molecule has 19 heavy (non-hydrogen) atoms. The molecule has 0 heterocycles. The van der Waals surface area contributed by atoms with Crippen LogP contribution in [-0.4, -0.2) is 10.0 Å². The number of hydrogen-bond donors (Lipinski definition) is 2. The first kappa shape index (κ1) is 13.4. The van der Waals surface area contributed by atoms with Gasteiger partial charge in [-0.3, -0.25) is 10.1 Å². The van der Waals surface area contributed by atoms with Gasteiger partial charge in [0.2, 0.25) is 0 Å². The van der Waals surface area contributed by atoms with Crippen molar-refractivity contribution in [3.8, 4) is 5.75 Å². The number of phenols is 1. The monoisotopic (exact) mass is 322 g/mol. The summed E-state index contributed by atoms with van der Waals surface area (Å²) in [4.78, 5) is 10.3. The third-order valence-corrected chi connectivity index (χ3v) is 3.31. The van der Waals surface area contributed by atoms with Crippen LogP contribution in [0.25, 0.3) is 0 Å². The van der Waals surface area contributed by atoms with Gasteiger partial charge in [-0.1, -0.05) is 18.2 Å². The molecular formula is C13H11BrN2O3. The number of nitrogens with zero attached hydrogens (tertiary/aromatic N) is 1. The molecule has 0 aliphatic heterocycles. The Kier molecular flexibility index (Phi) is 4.01. The average molecular weight is 323 g/mol. The summed E-state index contributed by atoms with van der Waals surface area (Å²) in [7, 11) is 0. The van der Waals surface area contributed by atoms with E-state index in [9.17, 15) is 15.2 Å². The molecule has 6 heteroatoms. The molecule has 0 bridgehead atoms. The summed E-state index contributed by atoms with van der Waals surface area (Å²) in [5.41, 5.74) is 1.35. The minimum Gasteiger partial charge on any atom is -0.508 e. The Morgan fingerprint density at radius 1 is 1.26 bits per heavy atom. The molecule has 0 radical (unpaired) electrons. The summed E-state index contributed by atoms with van der Waals surface area (Å²) in [5.74, 6) is 0.191. The second-order valence-electron chi connectivity index (χ2n) is 3.90. The molecule has 2 N–H and O–H groups in total. The van der Waals surface area contributed by atoms with Crippen LogP contribution in [0.3, 0.4) is 0 Å². The third kappa shape index (κ3) is 3.23. The van der Waals surface area contributed by atoms with E-state index in [0.717, 1.165) is 10.0 Å². The van der Waals surface area contributed by atoms with Gasteiger partial charge in [0.1, 0.15) is 5.75 Å². The zero-order chi connectivity index (χ0) is 13.8. The number of non-ortho nitro benzene ring substituents is 1. The Bertz CT molecular complexity index is 617. The molecule has 0 atom stereocenters. The van der Waals surface area contributed by atoms with Gasteiger partial charge in [-0.05, 0) is 28.1 Å². The summed E-state index contributed by atoms with van der Waals surface area (Å²) >= 11 is 3.32. The number of halogens is 1. The van der Waals surface area contributed by atoms with Crippen molar-refractivity contribution in [2.75, 3.05) is 5.32 Å². The summed E-state index contributed by atoms with van der Waals surface area (Å²) in [5, 5.41) is 23.4. The van der Waals surface area contributed by atoms with Crippen molar-refractivity contribution in [1.82, 2.24) is 0 Å². The highest BCUT2D eigenvalue weighted by molar-refractivity contribution is 9.10. The van der Waals surface area contributed by atoms with E-state index >= 15 is 0 Å². The van der Waals surface area contributed by atoms with Crippen LogP contribution in [-0.2, 0) is 6.54 Å². The molecular weight excluding hydrogens is 312 g/mol. The van der Waals surface area contributed by atoms with Crippen molar-refractivity contribution in [2.24, 2.45) is 0 Å². The fourth-order valence-electron chi connectivity index (χ4n) is 1.61. The van der Waals surface area contributed by atoms with Gasteiger partial charge >= 0.3 is 0 Å². The number of aromatic hydroxyl groups is 1. The van der Waals surface area contributed by atoms with Gasteiger partial charge in [0, 0.05) is 28.7 Å². The number of phenolic OH excluding ortho intramolecular Hbond substituents is 1. The molecule has 2 aromatic carbocycles. The molecule has 2 aromatic rings. The zero-order valence-corrected chi connectivity index (χ0v) is 11.4.